The number of H-pyrrole nitrogens is 1. The monoisotopic (exact) mass is 528 g/mol. The molecule has 10 nitrogen and oxygen atoms in total. The molecule has 0 bridgehead atoms. The van der Waals surface area contributed by atoms with Gasteiger partial charge >= 0.3 is 0 Å². The molecule has 0 atom stereocenters. The normalized spacial score (nSPS) is 11.7. The number of sulfonamides is 2. The first kappa shape index (κ1) is 25.2. The summed E-state index contributed by atoms with van der Waals surface area (Å²) in [5.74, 6) is 1.52. The summed E-state index contributed by atoms with van der Waals surface area (Å²) in [5, 5.41) is -0.108. The SMILES string of the molecule is COc1ccc(Oc2ccc(CNS(=O)(=O)c3cnc[nH]3)c(NS(=O)(=O)c3ccc(C)cc3)c2)cc1. The van der Waals surface area contributed by atoms with Crippen molar-refractivity contribution in [3.05, 3.63) is 90.4 Å². The van der Waals surface area contributed by atoms with Gasteiger partial charge in [-0.05, 0) is 55.0 Å². The molecular weight excluding hydrogens is 504 g/mol. The first-order chi connectivity index (χ1) is 17.2. The van der Waals surface area contributed by atoms with Crippen LogP contribution in [-0.2, 0) is 26.6 Å². The predicted molar refractivity (Wildman–Crippen MR) is 134 cm³/mol. The number of hydrogen-bond acceptors (Lipinski definition) is 7. The van der Waals surface area contributed by atoms with Crippen LogP contribution in [0.5, 0.6) is 17.2 Å². The van der Waals surface area contributed by atoms with Crippen molar-refractivity contribution in [1.29, 1.82) is 0 Å². The van der Waals surface area contributed by atoms with Crippen molar-refractivity contribution < 1.29 is 26.3 Å². The molecule has 0 saturated heterocycles. The molecule has 0 aliphatic heterocycles. The average Bonchev–Trinajstić information content (AvgIpc) is 3.40. The molecular formula is C24H24N4O6S2. The van der Waals surface area contributed by atoms with Gasteiger partial charge in [0.05, 0.1) is 30.2 Å². The summed E-state index contributed by atoms with van der Waals surface area (Å²) >= 11 is 0. The Morgan fingerprint density at radius 3 is 2.17 bits per heavy atom. The quantitative estimate of drug-likeness (QED) is 0.284. The maximum Gasteiger partial charge on any atom is 0.261 e. The lowest BCUT2D eigenvalue weighted by atomic mass is 10.2. The van der Waals surface area contributed by atoms with E-state index in [1.54, 1.807) is 55.6 Å². The molecule has 0 spiro atoms. The van der Waals surface area contributed by atoms with E-state index >= 15 is 0 Å². The number of methoxy groups -OCH3 is 1. The van der Waals surface area contributed by atoms with Crippen molar-refractivity contribution in [3.63, 3.8) is 0 Å². The van der Waals surface area contributed by atoms with Crippen molar-refractivity contribution in [3.8, 4) is 17.2 Å². The first-order valence-electron chi connectivity index (χ1n) is 10.7. The zero-order valence-electron chi connectivity index (χ0n) is 19.4. The number of aromatic nitrogens is 2. The molecule has 12 heteroatoms. The summed E-state index contributed by atoms with van der Waals surface area (Å²) < 4.78 is 67.2. The minimum Gasteiger partial charge on any atom is -0.497 e. The number of nitrogens with one attached hydrogen (secondary N) is 3. The summed E-state index contributed by atoms with van der Waals surface area (Å²) in [4.78, 5) is 6.32. The van der Waals surface area contributed by atoms with Gasteiger partial charge in [0, 0.05) is 12.6 Å². The first-order valence-corrected chi connectivity index (χ1v) is 13.7. The second kappa shape index (κ2) is 10.4. The molecule has 3 N–H and O–H groups in total. The molecule has 0 aliphatic rings. The second-order valence-electron chi connectivity index (χ2n) is 7.76. The van der Waals surface area contributed by atoms with Gasteiger partial charge in [0.2, 0.25) is 0 Å². The third kappa shape index (κ3) is 6.03. The molecule has 188 valence electrons. The number of benzene rings is 3. The summed E-state index contributed by atoms with van der Waals surface area (Å²) in [6.45, 7) is 1.67. The molecule has 1 aromatic heterocycles. The fourth-order valence-electron chi connectivity index (χ4n) is 3.21. The molecule has 0 aliphatic carbocycles. The number of ether oxygens (including phenoxy) is 2. The molecule has 0 saturated carbocycles. The highest BCUT2D eigenvalue weighted by atomic mass is 32.2. The van der Waals surface area contributed by atoms with E-state index in [0.29, 0.717) is 22.8 Å². The maximum absolute atomic E-state index is 13.1. The van der Waals surface area contributed by atoms with Crippen molar-refractivity contribution in [2.75, 3.05) is 11.8 Å². The van der Waals surface area contributed by atoms with E-state index in [-0.39, 0.29) is 22.2 Å². The van der Waals surface area contributed by atoms with Crippen LogP contribution in [0.15, 0.2) is 89.2 Å². The van der Waals surface area contributed by atoms with Gasteiger partial charge in [-0.1, -0.05) is 23.8 Å². The minimum atomic E-state index is -3.96. The molecule has 0 radical (unpaired) electrons. The van der Waals surface area contributed by atoms with Gasteiger partial charge in [0.1, 0.15) is 17.2 Å². The Morgan fingerprint density at radius 2 is 1.53 bits per heavy atom. The van der Waals surface area contributed by atoms with Crippen LogP contribution >= 0.6 is 0 Å². The van der Waals surface area contributed by atoms with Crippen LogP contribution < -0.4 is 18.9 Å². The predicted octanol–water partition coefficient (Wildman–Crippen LogP) is 3.80. The van der Waals surface area contributed by atoms with Crippen LogP contribution in [0, 0.1) is 6.92 Å². The van der Waals surface area contributed by atoms with E-state index in [1.165, 1.54) is 30.7 Å². The number of rotatable bonds is 10. The summed E-state index contributed by atoms with van der Waals surface area (Å²) in [6, 6.07) is 18.0. The Kier molecular flexibility index (Phi) is 7.29. The van der Waals surface area contributed by atoms with E-state index in [0.717, 1.165) is 5.56 Å². The highest BCUT2D eigenvalue weighted by Gasteiger charge is 2.20. The van der Waals surface area contributed by atoms with Crippen molar-refractivity contribution >= 4 is 25.7 Å². The lowest BCUT2D eigenvalue weighted by molar-refractivity contribution is 0.413. The topological polar surface area (TPSA) is 139 Å². The zero-order chi connectivity index (χ0) is 25.8. The molecule has 0 fully saturated rings. The summed E-state index contributed by atoms with van der Waals surface area (Å²) in [6.07, 6.45) is 2.43. The van der Waals surface area contributed by atoms with Gasteiger partial charge in [-0.2, -0.15) is 0 Å². The molecule has 0 unspecified atom stereocenters. The molecule has 36 heavy (non-hydrogen) atoms. The van der Waals surface area contributed by atoms with Crippen LogP contribution in [-0.4, -0.2) is 33.9 Å². The second-order valence-corrected chi connectivity index (χ2v) is 11.2. The van der Waals surface area contributed by atoms with Gasteiger partial charge < -0.3 is 14.5 Å². The fourth-order valence-corrected chi connectivity index (χ4v) is 5.21. The van der Waals surface area contributed by atoms with Crippen LogP contribution in [0.4, 0.5) is 5.69 Å². The number of aromatic amines is 1. The average molecular weight is 529 g/mol. The Balaban J connectivity index is 1.64. The Hall–Kier alpha value is -3.87. The van der Waals surface area contributed by atoms with Crippen LogP contribution in [0.25, 0.3) is 0 Å². The zero-order valence-corrected chi connectivity index (χ0v) is 21.1. The number of hydrogen-bond donors (Lipinski definition) is 3. The van der Waals surface area contributed by atoms with Gasteiger partial charge in [-0.25, -0.2) is 26.5 Å². The third-order valence-electron chi connectivity index (χ3n) is 5.17. The van der Waals surface area contributed by atoms with Crippen LogP contribution in [0.1, 0.15) is 11.1 Å². The third-order valence-corrected chi connectivity index (χ3v) is 7.88. The Morgan fingerprint density at radius 1 is 0.861 bits per heavy atom. The molecule has 4 rings (SSSR count). The van der Waals surface area contributed by atoms with E-state index in [4.69, 9.17) is 9.47 Å². The van der Waals surface area contributed by atoms with Crippen LogP contribution in [0.2, 0.25) is 0 Å². The number of imidazole rings is 1. The van der Waals surface area contributed by atoms with Gasteiger partial charge in [-0.3, -0.25) is 4.72 Å². The summed E-state index contributed by atoms with van der Waals surface area (Å²) in [7, 11) is -6.29. The fraction of sp³-hybridized carbons (Fsp3) is 0.125. The van der Waals surface area contributed by atoms with E-state index in [9.17, 15) is 16.8 Å². The Labute approximate surface area is 209 Å². The van der Waals surface area contributed by atoms with Crippen LogP contribution in [0.3, 0.4) is 0 Å². The van der Waals surface area contributed by atoms with Gasteiger partial charge in [0.25, 0.3) is 20.0 Å². The lowest BCUT2D eigenvalue weighted by Crippen LogP contribution is -2.24. The van der Waals surface area contributed by atoms with E-state index < -0.39 is 20.0 Å². The summed E-state index contributed by atoms with van der Waals surface area (Å²) in [5.41, 5.74) is 1.46. The van der Waals surface area contributed by atoms with Gasteiger partial charge in [0.15, 0.2) is 5.03 Å². The molecule has 4 aromatic rings. The highest BCUT2D eigenvalue weighted by molar-refractivity contribution is 7.92. The Bertz CT molecular complexity index is 1540. The number of aryl methyl sites for hydroxylation is 1. The minimum absolute atomic E-state index is 0.0681. The van der Waals surface area contributed by atoms with Gasteiger partial charge in [-0.15, -0.1) is 0 Å². The van der Waals surface area contributed by atoms with Crippen molar-refractivity contribution in [1.82, 2.24) is 14.7 Å². The highest BCUT2D eigenvalue weighted by Crippen LogP contribution is 2.30. The molecule has 0 amide bonds. The standard InChI is InChI=1S/C24H24N4O6S2/c1-17-3-11-22(12-4-17)35(29,30)28-23-13-21(34-20-9-7-19(33-2)8-10-20)6-5-18(23)14-27-36(31,32)24-15-25-16-26-24/h3-13,15-16,27-28H,14H2,1-2H3,(H,25,26). The van der Waals surface area contributed by atoms with Crippen molar-refractivity contribution in [2.45, 2.75) is 23.4 Å². The lowest BCUT2D eigenvalue weighted by Gasteiger charge is -2.16. The van der Waals surface area contributed by atoms with E-state index in [1.807, 2.05) is 6.92 Å². The molecule has 1 heterocycles. The largest absolute Gasteiger partial charge is 0.497 e. The van der Waals surface area contributed by atoms with Crippen molar-refractivity contribution in [2.24, 2.45) is 0 Å². The van der Waals surface area contributed by atoms with E-state index in [2.05, 4.69) is 19.4 Å². The maximum atomic E-state index is 13.1. The number of anilines is 1. The smallest absolute Gasteiger partial charge is 0.261 e. The molecule has 3 aromatic carbocycles. The number of nitrogens with zero attached hydrogens (tertiary/aromatic N) is 1.